The van der Waals surface area contributed by atoms with Gasteiger partial charge in [-0.05, 0) is 62.8 Å². The number of fused-ring (bicyclic) bond motifs is 3. The van der Waals surface area contributed by atoms with Gasteiger partial charge >= 0.3 is 6.03 Å². The number of hydrogen-bond acceptors (Lipinski definition) is 5. The molecule has 2 saturated heterocycles. The van der Waals surface area contributed by atoms with E-state index in [-0.39, 0.29) is 24.2 Å². The van der Waals surface area contributed by atoms with Gasteiger partial charge in [0, 0.05) is 34.5 Å². The van der Waals surface area contributed by atoms with E-state index in [0.29, 0.717) is 39.5 Å². The summed E-state index contributed by atoms with van der Waals surface area (Å²) in [4.78, 5) is 19.8. The van der Waals surface area contributed by atoms with Crippen molar-refractivity contribution in [2.75, 3.05) is 5.32 Å². The van der Waals surface area contributed by atoms with Crippen LogP contribution in [0.1, 0.15) is 55.8 Å². The highest BCUT2D eigenvalue weighted by molar-refractivity contribution is 6.39. The number of nitrogens with one attached hydrogen (secondary N) is 1. The Morgan fingerprint density at radius 3 is 2.51 bits per heavy atom. The topological polar surface area (TPSA) is 80.5 Å². The Balaban J connectivity index is 1.05. The average molecular weight is 563 g/mol. The number of hydrogen-bond donors (Lipinski definition) is 1. The lowest BCUT2D eigenvalue weighted by molar-refractivity contribution is -0.0158. The maximum absolute atomic E-state index is 13.3. The lowest BCUT2D eigenvalue weighted by atomic mass is 9.99. The van der Waals surface area contributed by atoms with Crippen LogP contribution in [0.25, 0.3) is 22.2 Å². The lowest BCUT2D eigenvalue weighted by Gasteiger charge is -2.38. The minimum atomic E-state index is -0.0660. The molecule has 9 heteroatoms. The van der Waals surface area contributed by atoms with E-state index in [1.54, 1.807) is 6.20 Å². The van der Waals surface area contributed by atoms with Crippen LogP contribution in [0.3, 0.4) is 0 Å². The van der Waals surface area contributed by atoms with Crippen LogP contribution >= 0.6 is 23.2 Å². The first kappa shape index (κ1) is 24.9. The highest BCUT2D eigenvalue weighted by Gasteiger charge is 2.44. The molecule has 2 bridgehead atoms. The molecule has 200 valence electrons. The van der Waals surface area contributed by atoms with Gasteiger partial charge in [0.1, 0.15) is 11.5 Å². The summed E-state index contributed by atoms with van der Waals surface area (Å²) in [6.45, 7) is 0.380. The number of aromatic nitrogens is 2. The number of halogens is 2. The monoisotopic (exact) mass is 562 g/mol. The van der Waals surface area contributed by atoms with Crippen molar-refractivity contribution in [3.8, 4) is 11.3 Å². The third kappa shape index (κ3) is 4.77. The first-order valence-corrected chi connectivity index (χ1v) is 14.3. The van der Waals surface area contributed by atoms with E-state index in [4.69, 9.17) is 32.5 Å². The molecule has 7 nitrogen and oxygen atoms in total. The second kappa shape index (κ2) is 10.1. The van der Waals surface area contributed by atoms with Gasteiger partial charge in [0.15, 0.2) is 0 Å². The maximum atomic E-state index is 13.3. The molecule has 3 fully saturated rings. The number of benzene rings is 2. The van der Waals surface area contributed by atoms with E-state index in [2.05, 4.69) is 15.5 Å². The zero-order valence-electron chi connectivity index (χ0n) is 21.3. The van der Waals surface area contributed by atoms with E-state index < -0.39 is 0 Å². The number of nitrogens with zero attached hydrogens (tertiary/aromatic N) is 3. The zero-order valence-corrected chi connectivity index (χ0v) is 22.8. The second-order valence-electron chi connectivity index (χ2n) is 10.8. The summed E-state index contributed by atoms with van der Waals surface area (Å²) in [5, 5.41) is 9.54. The highest BCUT2D eigenvalue weighted by atomic mass is 35.5. The number of ether oxygens (including phenoxy) is 1. The Labute approximate surface area is 236 Å². The van der Waals surface area contributed by atoms with E-state index in [1.165, 1.54) is 0 Å². The lowest BCUT2D eigenvalue weighted by Crippen LogP contribution is -2.50. The largest absolute Gasteiger partial charge is 0.373 e. The molecule has 1 aliphatic carbocycles. The predicted molar refractivity (Wildman–Crippen MR) is 151 cm³/mol. The number of anilines is 1. The quantitative estimate of drug-likeness (QED) is 0.259. The molecule has 0 spiro atoms. The van der Waals surface area contributed by atoms with E-state index >= 15 is 0 Å². The van der Waals surface area contributed by atoms with Crippen molar-refractivity contribution in [2.24, 2.45) is 0 Å². The van der Waals surface area contributed by atoms with Crippen LogP contribution in [0.4, 0.5) is 10.5 Å². The molecule has 2 amide bonds. The van der Waals surface area contributed by atoms with Crippen LogP contribution in [0.5, 0.6) is 0 Å². The van der Waals surface area contributed by atoms with Crippen molar-refractivity contribution in [1.29, 1.82) is 0 Å². The molecule has 4 heterocycles. The number of amides is 2. The normalized spacial score (nSPS) is 22.4. The molecule has 1 saturated carbocycles. The summed E-state index contributed by atoms with van der Waals surface area (Å²) in [5.41, 5.74) is 3.90. The number of carbonyl (C=O) groups excluding carboxylic acids is 1. The predicted octanol–water partition coefficient (Wildman–Crippen LogP) is 7.82. The van der Waals surface area contributed by atoms with Gasteiger partial charge in [0.2, 0.25) is 0 Å². The van der Waals surface area contributed by atoms with Crippen LogP contribution in [0.15, 0.2) is 59.3 Å². The summed E-state index contributed by atoms with van der Waals surface area (Å²) in [6.07, 6.45) is 7.50. The number of urea groups is 1. The van der Waals surface area contributed by atoms with Crippen LogP contribution < -0.4 is 5.32 Å². The molecule has 2 aliphatic heterocycles. The van der Waals surface area contributed by atoms with E-state index in [0.717, 1.165) is 60.8 Å². The smallest absolute Gasteiger partial charge is 0.322 e. The van der Waals surface area contributed by atoms with Gasteiger partial charge in [-0.3, -0.25) is 4.98 Å². The van der Waals surface area contributed by atoms with Crippen molar-refractivity contribution in [2.45, 2.75) is 69.2 Å². The van der Waals surface area contributed by atoms with E-state index in [1.807, 2.05) is 53.4 Å². The summed E-state index contributed by atoms with van der Waals surface area (Å²) in [6, 6.07) is 15.5. The van der Waals surface area contributed by atoms with Crippen molar-refractivity contribution >= 4 is 45.8 Å². The summed E-state index contributed by atoms with van der Waals surface area (Å²) < 4.78 is 12.3. The van der Waals surface area contributed by atoms with Crippen molar-refractivity contribution in [3.05, 3.63) is 76.1 Å². The maximum Gasteiger partial charge on any atom is 0.322 e. The molecule has 2 unspecified atom stereocenters. The Morgan fingerprint density at radius 2 is 1.77 bits per heavy atom. The van der Waals surface area contributed by atoms with E-state index in [9.17, 15) is 4.79 Å². The van der Waals surface area contributed by atoms with Gasteiger partial charge in [-0.25, -0.2) is 4.79 Å². The summed E-state index contributed by atoms with van der Waals surface area (Å²) in [7, 11) is 0. The second-order valence-corrected chi connectivity index (χ2v) is 11.6. The van der Waals surface area contributed by atoms with Gasteiger partial charge in [-0.1, -0.05) is 52.6 Å². The first-order valence-electron chi connectivity index (χ1n) is 13.5. The fraction of sp³-hybridized carbons (Fsp3) is 0.367. The standard InChI is InChI=1S/C30H28Cl2N4O3/c31-24-5-3-6-25(32)27(24)28-23(29(39-35-28)17-8-9-17)16-38-22-13-20-10-11-21(14-22)36(20)30(37)34-19-12-18-4-1-2-7-26(18)33-15-19/h1-7,12,15,17,20-22H,8-11,13-14,16H2,(H,34,37). The highest BCUT2D eigenvalue weighted by Crippen LogP contribution is 2.46. The Hall–Kier alpha value is -3.13. The minimum absolute atomic E-state index is 0.0467. The minimum Gasteiger partial charge on any atom is -0.373 e. The van der Waals surface area contributed by atoms with Crippen molar-refractivity contribution in [1.82, 2.24) is 15.0 Å². The van der Waals surface area contributed by atoms with Gasteiger partial charge < -0.3 is 19.5 Å². The average Bonchev–Trinajstić information content (AvgIpc) is 3.64. The van der Waals surface area contributed by atoms with Crippen molar-refractivity contribution in [3.63, 3.8) is 0 Å². The number of pyridine rings is 1. The SMILES string of the molecule is O=C(Nc1cnc2ccccc2c1)N1C2CCC1CC(OCc1c(-c3c(Cl)cccc3Cl)noc1C1CC1)C2. The number of rotatable bonds is 6. The Morgan fingerprint density at radius 1 is 1.03 bits per heavy atom. The number of para-hydroxylation sites is 1. The summed E-state index contributed by atoms with van der Waals surface area (Å²) in [5.74, 6) is 1.25. The third-order valence-corrected chi connectivity index (χ3v) is 8.83. The van der Waals surface area contributed by atoms with Crippen LogP contribution in [0.2, 0.25) is 10.0 Å². The summed E-state index contributed by atoms with van der Waals surface area (Å²) >= 11 is 13.0. The molecule has 2 aromatic heterocycles. The molecule has 2 atom stereocenters. The molecule has 3 aliphatic rings. The molecule has 39 heavy (non-hydrogen) atoms. The van der Waals surface area contributed by atoms with Gasteiger partial charge in [0.25, 0.3) is 0 Å². The van der Waals surface area contributed by atoms with Gasteiger partial charge in [-0.2, -0.15) is 0 Å². The molecule has 4 aromatic rings. The fourth-order valence-corrected chi connectivity index (χ4v) is 6.75. The number of piperidine rings is 1. The van der Waals surface area contributed by atoms with Gasteiger partial charge in [0.05, 0.1) is 40.2 Å². The molecule has 1 N–H and O–H groups in total. The van der Waals surface area contributed by atoms with Crippen molar-refractivity contribution < 1.29 is 14.1 Å². The molecule has 2 aromatic carbocycles. The fourth-order valence-electron chi connectivity index (χ4n) is 6.17. The Kier molecular flexibility index (Phi) is 6.46. The van der Waals surface area contributed by atoms with Crippen LogP contribution in [-0.2, 0) is 11.3 Å². The zero-order chi connectivity index (χ0) is 26.5. The number of carbonyl (C=O) groups is 1. The molecule has 0 radical (unpaired) electrons. The van der Waals surface area contributed by atoms with Gasteiger partial charge in [-0.15, -0.1) is 0 Å². The van der Waals surface area contributed by atoms with Crippen LogP contribution in [-0.4, -0.2) is 39.3 Å². The molecular weight excluding hydrogens is 535 g/mol. The first-order chi connectivity index (χ1) is 19.0. The molecule has 7 rings (SSSR count). The third-order valence-electron chi connectivity index (χ3n) is 8.20. The van der Waals surface area contributed by atoms with Crippen LogP contribution in [0, 0.1) is 0 Å². The molecular formula is C30H28Cl2N4O3. The Bertz CT molecular complexity index is 1520.